The standard InChI is InChI=1S/C20H16N2O4/c21-18(23)13-25-16-7-9-17(10-8-16)26-19(24)11-6-15-4-1-3-14-5-2-12-22-20(14)15/h1-12H,13H2,(H2,21,23). The number of nitrogens with two attached hydrogens (primary N) is 1. The average molecular weight is 348 g/mol. The molecule has 2 aromatic carbocycles. The lowest BCUT2D eigenvalue weighted by atomic mass is 10.1. The maximum absolute atomic E-state index is 12.0. The van der Waals surface area contributed by atoms with Crippen LogP contribution in [0.25, 0.3) is 17.0 Å². The van der Waals surface area contributed by atoms with E-state index in [2.05, 4.69) is 4.98 Å². The number of esters is 1. The summed E-state index contributed by atoms with van der Waals surface area (Å²) in [5.74, 6) is -0.250. The highest BCUT2D eigenvalue weighted by Crippen LogP contribution is 2.19. The van der Waals surface area contributed by atoms with E-state index >= 15 is 0 Å². The Kier molecular flexibility index (Phi) is 5.24. The van der Waals surface area contributed by atoms with Crippen molar-refractivity contribution >= 4 is 28.9 Å². The molecule has 0 aliphatic carbocycles. The highest BCUT2D eigenvalue weighted by Gasteiger charge is 2.04. The van der Waals surface area contributed by atoms with Crippen LogP contribution in [0, 0.1) is 0 Å². The summed E-state index contributed by atoms with van der Waals surface area (Å²) < 4.78 is 10.4. The van der Waals surface area contributed by atoms with Gasteiger partial charge >= 0.3 is 5.97 Å². The molecule has 0 aliphatic rings. The predicted octanol–water partition coefficient (Wildman–Crippen LogP) is 2.72. The number of fused-ring (bicyclic) bond motifs is 1. The van der Waals surface area contributed by atoms with Crippen LogP contribution in [-0.4, -0.2) is 23.5 Å². The van der Waals surface area contributed by atoms with Crippen molar-refractivity contribution in [1.82, 2.24) is 4.98 Å². The van der Waals surface area contributed by atoms with Gasteiger partial charge in [0, 0.05) is 23.2 Å². The molecule has 0 saturated carbocycles. The van der Waals surface area contributed by atoms with Gasteiger partial charge < -0.3 is 15.2 Å². The Morgan fingerprint density at radius 3 is 2.50 bits per heavy atom. The zero-order chi connectivity index (χ0) is 18.4. The SMILES string of the molecule is NC(=O)COc1ccc(OC(=O)C=Cc2cccc3cccnc23)cc1. The van der Waals surface area contributed by atoms with Crippen LogP contribution in [0.4, 0.5) is 0 Å². The molecule has 0 bridgehead atoms. The van der Waals surface area contributed by atoms with Gasteiger partial charge in [0.05, 0.1) is 5.52 Å². The summed E-state index contributed by atoms with van der Waals surface area (Å²) in [5.41, 5.74) is 6.65. The number of primary amides is 1. The summed E-state index contributed by atoms with van der Waals surface area (Å²) in [5, 5.41) is 0.995. The number of ether oxygens (including phenoxy) is 2. The minimum atomic E-state index is -0.562. The maximum Gasteiger partial charge on any atom is 0.336 e. The van der Waals surface area contributed by atoms with E-state index in [-0.39, 0.29) is 6.61 Å². The first kappa shape index (κ1) is 17.2. The molecule has 6 heteroatoms. The molecule has 6 nitrogen and oxygen atoms in total. The van der Waals surface area contributed by atoms with Gasteiger partial charge in [-0.05, 0) is 36.4 Å². The Balaban J connectivity index is 1.65. The van der Waals surface area contributed by atoms with Gasteiger partial charge in [-0.25, -0.2) is 4.79 Å². The summed E-state index contributed by atoms with van der Waals surface area (Å²) >= 11 is 0. The zero-order valence-electron chi connectivity index (χ0n) is 13.8. The Morgan fingerprint density at radius 1 is 1.00 bits per heavy atom. The van der Waals surface area contributed by atoms with E-state index in [1.807, 2.05) is 30.3 Å². The second-order valence-electron chi connectivity index (χ2n) is 5.40. The van der Waals surface area contributed by atoms with E-state index in [4.69, 9.17) is 15.2 Å². The number of pyridine rings is 1. The van der Waals surface area contributed by atoms with Crippen molar-refractivity contribution in [3.63, 3.8) is 0 Å². The lowest BCUT2D eigenvalue weighted by Gasteiger charge is -2.05. The molecule has 0 unspecified atom stereocenters. The van der Waals surface area contributed by atoms with Crippen LogP contribution >= 0.6 is 0 Å². The van der Waals surface area contributed by atoms with E-state index in [1.54, 1.807) is 36.5 Å². The van der Waals surface area contributed by atoms with Crippen LogP contribution in [0.1, 0.15) is 5.56 Å². The molecule has 1 aromatic heterocycles. The number of carbonyl (C=O) groups excluding carboxylic acids is 2. The minimum Gasteiger partial charge on any atom is -0.484 e. The summed E-state index contributed by atoms with van der Waals surface area (Å²) in [4.78, 5) is 27.0. The van der Waals surface area contributed by atoms with Gasteiger partial charge in [-0.3, -0.25) is 9.78 Å². The van der Waals surface area contributed by atoms with Crippen LogP contribution < -0.4 is 15.2 Å². The predicted molar refractivity (Wildman–Crippen MR) is 97.5 cm³/mol. The first-order valence-corrected chi connectivity index (χ1v) is 7.86. The topological polar surface area (TPSA) is 91.5 Å². The molecule has 3 aromatic rings. The molecule has 0 spiro atoms. The lowest BCUT2D eigenvalue weighted by Crippen LogP contribution is -2.19. The van der Waals surface area contributed by atoms with Gasteiger partial charge in [-0.1, -0.05) is 24.3 Å². The number of aromatic nitrogens is 1. The van der Waals surface area contributed by atoms with Crippen molar-refractivity contribution in [2.24, 2.45) is 5.73 Å². The van der Waals surface area contributed by atoms with Crippen LogP contribution in [0.5, 0.6) is 11.5 Å². The maximum atomic E-state index is 12.0. The quantitative estimate of drug-likeness (QED) is 0.420. The number of para-hydroxylation sites is 1. The molecule has 2 N–H and O–H groups in total. The van der Waals surface area contributed by atoms with E-state index in [9.17, 15) is 9.59 Å². The number of benzene rings is 2. The van der Waals surface area contributed by atoms with Crippen molar-refractivity contribution in [1.29, 1.82) is 0 Å². The Hall–Kier alpha value is -3.67. The molecule has 0 saturated heterocycles. The summed E-state index contributed by atoms with van der Waals surface area (Å²) in [6.45, 7) is -0.207. The fraction of sp³-hybridized carbons (Fsp3) is 0.0500. The molecule has 1 amide bonds. The molecule has 0 fully saturated rings. The number of hydrogen-bond donors (Lipinski definition) is 1. The third kappa shape index (κ3) is 4.45. The summed E-state index contributed by atoms with van der Waals surface area (Å²) in [6.07, 6.45) is 4.73. The van der Waals surface area contributed by atoms with Crippen LogP contribution in [0.3, 0.4) is 0 Å². The van der Waals surface area contributed by atoms with Crippen LogP contribution in [-0.2, 0) is 9.59 Å². The fourth-order valence-electron chi connectivity index (χ4n) is 2.33. The highest BCUT2D eigenvalue weighted by molar-refractivity contribution is 5.93. The molecule has 26 heavy (non-hydrogen) atoms. The Bertz CT molecular complexity index is 960. The minimum absolute atomic E-state index is 0.207. The first-order chi connectivity index (χ1) is 12.6. The highest BCUT2D eigenvalue weighted by atomic mass is 16.5. The largest absolute Gasteiger partial charge is 0.484 e. The van der Waals surface area contributed by atoms with E-state index < -0.39 is 11.9 Å². The third-order valence-corrected chi connectivity index (χ3v) is 3.49. The molecule has 0 radical (unpaired) electrons. The molecular weight excluding hydrogens is 332 g/mol. The van der Waals surface area contributed by atoms with Gasteiger partial charge in [-0.2, -0.15) is 0 Å². The summed E-state index contributed by atoms with van der Waals surface area (Å²) in [6, 6.07) is 15.9. The lowest BCUT2D eigenvalue weighted by molar-refractivity contribution is -0.128. The second-order valence-corrected chi connectivity index (χ2v) is 5.40. The number of rotatable bonds is 6. The van der Waals surface area contributed by atoms with Crippen molar-refractivity contribution < 1.29 is 19.1 Å². The third-order valence-electron chi connectivity index (χ3n) is 3.49. The van der Waals surface area contributed by atoms with E-state index in [0.29, 0.717) is 11.5 Å². The van der Waals surface area contributed by atoms with Gasteiger partial charge in [0.15, 0.2) is 6.61 Å². The van der Waals surface area contributed by atoms with Crippen molar-refractivity contribution in [3.8, 4) is 11.5 Å². The van der Waals surface area contributed by atoms with Crippen molar-refractivity contribution in [3.05, 3.63) is 72.4 Å². The van der Waals surface area contributed by atoms with Gasteiger partial charge in [-0.15, -0.1) is 0 Å². The average Bonchev–Trinajstić information content (AvgIpc) is 2.65. The number of hydrogen-bond acceptors (Lipinski definition) is 5. The molecule has 0 atom stereocenters. The second kappa shape index (κ2) is 7.94. The Labute approximate surface area is 149 Å². The van der Waals surface area contributed by atoms with Crippen LogP contribution in [0.15, 0.2) is 66.9 Å². The van der Waals surface area contributed by atoms with Gasteiger partial charge in [0.1, 0.15) is 11.5 Å². The molecule has 130 valence electrons. The molecule has 3 rings (SSSR count). The molecule has 1 heterocycles. The molecular formula is C20H16N2O4. The number of nitrogens with zero attached hydrogens (tertiary/aromatic N) is 1. The number of carbonyl (C=O) groups is 2. The van der Waals surface area contributed by atoms with E-state index in [0.717, 1.165) is 16.5 Å². The number of amides is 1. The van der Waals surface area contributed by atoms with Crippen molar-refractivity contribution in [2.45, 2.75) is 0 Å². The summed E-state index contributed by atoms with van der Waals surface area (Å²) in [7, 11) is 0. The fourth-order valence-corrected chi connectivity index (χ4v) is 2.33. The zero-order valence-corrected chi connectivity index (χ0v) is 13.8. The van der Waals surface area contributed by atoms with Gasteiger partial charge in [0.25, 0.3) is 5.91 Å². The van der Waals surface area contributed by atoms with Crippen LogP contribution in [0.2, 0.25) is 0 Å². The van der Waals surface area contributed by atoms with Crippen molar-refractivity contribution in [2.75, 3.05) is 6.61 Å². The smallest absolute Gasteiger partial charge is 0.336 e. The monoisotopic (exact) mass is 348 g/mol. The molecule has 0 aliphatic heterocycles. The van der Waals surface area contributed by atoms with Gasteiger partial charge in [0.2, 0.25) is 0 Å². The van der Waals surface area contributed by atoms with E-state index in [1.165, 1.54) is 6.08 Å². The Morgan fingerprint density at radius 2 is 1.73 bits per heavy atom. The normalized spacial score (nSPS) is 10.8. The first-order valence-electron chi connectivity index (χ1n) is 7.86.